The monoisotopic (exact) mass is 391 g/mol. The van der Waals surface area contributed by atoms with E-state index in [-0.39, 0.29) is 0 Å². The molecule has 1 aliphatic heterocycles. The van der Waals surface area contributed by atoms with Crippen molar-refractivity contribution < 1.29 is 20.1 Å². The highest BCUT2D eigenvalue weighted by Gasteiger charge is 2.44. The van der Waals surface area contributed by atoms with Gasteiger partial charge in [0, 0.05) is 11.6 Å². The van der Waals surface area contributed by atoms with E-state index < -0.39 is 31.1 Å². The van der Waals surface area contributed by atoms with Crippen LogP contribution >= 0.6 is 11.6 Å². The van der Waals surface area contributed by atoms with E-state index in [1.165, 1.54) is 17.2 Å². The molecular weight excluding hydrogens is 374 g/mol. The molecule has 4 rings (SSSR count). The number of rotatable bonds is 5. The van der Waals surface area contributed by atoms with Gasteiger partial charge in [0.25, 0.3) is 0 Å². The van der Waals surface area contributed by atoms with E-state index in [1.54, 1.807) is 0 Å². The number of fused-ring (bicyclic) bond motifs is 1. The van der Waals surface area contributed by atoms with Gasteiger partial charge >= 0.3 is 0 Å². The van der Waals surface area contributed by atoms with Gasteiger partial charge in [-0.2, -0.15) is 0 Å². The predicted octanol–water partition coefficient (Wildman–Crippen LogP) is 0.703. The summed E-state index contributed by atoms with van der Waals surface area (Å²) in [7, 11) is 0. The molecule has 10 heteroatoms. The number of nitrogens with one attached hydrogen (secondary N) is 1. The lowest BCUT2D eigenvalue weighted by Gasteiger charge is -2.16. The minimum absolute atomic E-state index is 0.399. The van der Waals surface area contributed by atoms with Gasteiger partial charge in [-0.15, -0.1) is 0 Å². The Balaban J connectivity index is 1.59. The Morgan fingerprint density at radius 3 is 2.59 bits per heavy atom. The average Bonchev–Trinajstić information content (AvgIpc) is 3.23. The van der Waals surface area contributed by atoms with Crippen molar-refractivity contribution in [2.45, 2.75) is 31.1 Å². The predicted molar refractivity (Wildman–Crippen MR) is 97.1 cm³/mol. The molecule has 3 heterocycles. The molecule has 0 spiro atoms. The van der Waals surface area contributed by atoms with Gasteiger partial charge in [-0.25, -0.2) is 15.0 Å². The van der Waals surface area contributed by atoms with Crippen LogP contribution in [0.5, 0.6) is 0 Å². The molecule has 9 nitrogen and oxygen atoms in total. The smallest absolute Gasteiger partial charge is 0.167 e. The number of aromatic nitrogens is 4. The molecule has 1 aromatic carbocycles. The first-order chi connectivity index (χ1) is 13.1. The van der Waals surface area contributed by atoms with Crippen molar-refractivity contribution in [2.24, 2.45) is 0 Å². The van der Waals surface area contributed by atoms with Crippen LogP contribution in [0.4, 0.5) is 5.82 Å². The zero-order valence-corrected chi connectivity index (χ0v) is 14.9. The van der Waals surface area contributed by atoms with Crippen LogP contribution in [-0.4, -0.2) is 59.8 Å². The molecule has 4 N–H and O–H groups in total. The second-order valence-corrected chi connectivity index (χ2v) is 6.69. The van der Waals surface area contributed by atoms with Crippen LogP contribution in [0.1, 0.15) is 11.8 Å². The minimum Gasteiger partial charge on any atom is -0.394 e. The average molecular weight is 392 g/mol. The second kappa shape index (κ2) is 7.37. The first-order valence-corrected chi connectivity index (χ1v) is 8.74. The summed E-state index contributed by atoms with van der Waals surface area (Å²) >= 11 is 5.90. The highest BCUT2D eigenvalue weighted by Crippen LogP contribution is 2.32. The van der Waals surface area contributed by atoms with Gasteiger partial charge in [-0.3, -0.25) is 4.57 Å². The van der Waals surface area contributed by atoms with Crippen molar-refractivity contribution in [3.63, 3.8) is 0 Å². The lowest BCUT2D eigenvalue weighted by Crippen LogP contribution is -2.33. The van der Waals surface area contributed by atoms with Gasteiger partial charge in [0.1, 0.15) is 24.6 Å². The Morgan fingerprint density at radius 2 is 1.89 bits per heavy atom. The van der Waals surface area contributed by atoms with E-state index in [0.717, 1.165) is 5.56 Å². The topological polar surface area (TPSA) is 126 Å². The normalized spacial score (nSPS) is 25.2. The van der Waals surface area contributed by atoms with Gasteiger partial charge in [0.05, 0.1) is 12.9 Å². The molecule has 0 radical (unpaired) electrons. The summed E-state index contributed by atoms with van der Waals surface area (Å²) in [6, 6.07) is 7.44. The van der Waals surface area contributed by atoms with Gasteiger partial charge in [-0.1, -0.05) is 23.7 Å². The minimum atomic E-state index is -1.21. The Bertz CT molecular complexity index is 935. The van der Waals surface area contributed by atoms with E-state index >= 15 is 0 Å². The van der Waals surface area contributed by atoms with Crippen molar-refractivity contribution in [3.05, 3.63) is 47.5 Å². The molecule has 1 aliphatic rings. The number of hydrogen-bond donors (Lipinski definition) is 4. The molecular formula is C17H18ClN5O4. The summed E-state index contributed by atoms with van der Waals surface area (Å²) in [5.41, 5.74) is 1.97. The molecule has 1 saturated heterocycles. The quantitative estimate of drug-likeness (QED) is 0.501. The molecule has 0 unspecified atom stereocenters. The van der Waals surface area contributed by atoms with Crippen LogP contribution in [0, 0.1) is 0 Å². The first-order valence-electron chi connectivity index (χ1n) is 8.37. The lowest BCUT2D eigenvalue weighted by atomic mass is 10.1. The second-order valence-electron chi connectivity index (χ2n) is 6.26. The first kappa shape index (κ1) is 18.1. The largest absolute Gasteiger partial charge is 0.394 e. The zero-order valence-electron chi connectivity index (χ0n) is 14.1. The van der Waals surface area contributed by atoms with E-state index in [4.69, 9.17) is 16.3 Å². The van der Waals surface area contributed by atoms with Crippen molar-refractivity contribution in [2.75, 3.05) is 11.9 Å². The molecule has 2 aromatic heterocycles. The van der Waals surface area contributed by atoms with Gasteiger partial charge in [-0.05, 0) is 17.7 Å². The third kappa shape index (κ3) is 3.35. The van der Waals surface area contributed by atoms with Gasteiger partial charge < -0.3 is 25.4 Å². The van der Waals surface area contributed by atoms with E-state index in [0.29, 0.717) is 28.5 Å². The number of imidazole rings is 1. The molecule has 27 heavy (non-hydrogen) atoms. The van der Waals surface area contributed by atoms with E-state index in [9.17, 15) is 15.3 Å². The number of aliphatic hydroxyl groups excluding tert-OH is 3. The Labute approximate surface area is 159 Å². The SMILES string of the molecule is OC[C@H]1O[C@@H](n2cnc3c(NCc4ccc(Cl)cc4)ncnc32)[C@H](O)[C@@H]1O. The maximum Gasteiger partial charge on any atom is 0.167 e. The van der Waals surface area contributed by atoms with Crippen molar-refractivity contribution in [1.82, 2.24) is 19.5 Å². The molecule has 1 fully saturated rings. The van der Waals surface area contributed by atoms with Crippen molar-refractivity contribution >= 4 is 28.6 Å². The van der Waals surface area contributed by atoms with Crippen LogP contribution in [0.15, 0.2) is 36.9 Å². The molecule has 0 saturated carbocycles. The third-order valence-electron chi connectivity index (χ3n) is 4.52. The molecule has 3 aromatic rings. The van der Waals surface area contributed by atoms with Crippen LogP contribution in [-0.2, 0) is 11.3 Å². The number of benzene rings is 1. The van der Waals surface area contributed by atoms with Crippen LogP contribution in [0.2, 0.25) is 5.02 Å². The fourth-order valence-electron chi connectivity index (χ4n) is 3.07. The molecule has 0 amide bonds. The number of anilines is 1. The Morgan fingerprint density at radius 1 is 1.11 bits per heavy atom. The highest BCUT2D eigenvalue weighted by atomic mass is 35.5. The molecule has 0 bridgehead atoms. The number of halogens is 1. The third-order valence-corrected chi connectivity index (χ3v) is 4.78. The molecule has 142 valence electrons. The summed E-state index contributed by atoms with van der Waals surface area (Å²) in [6.07, 6.45) is -1.33. The number of ether oxygens (including phenoxy) is 1. The maximum absolute atomic E-state index is 10.2. The maximum atomic E-state index is 10.2. The van der Waals surface area contributed by atoms with E-state index in [2.05, 4.69) is 20.3 Å². The van der Waals surface area contributed by atoms with E-state index in [1.807, 2.05) is 24.3 Å². The molecule has 0 aliphatic carbocycles. The van der Waals surface area contributed by atoms with Crippen LogP contribution in [0.25, 0.3) is 11.2 Å². The standard InChI is InChI=1S/C17H18ClN5O4/c18-10-3-1-9(2-4-10)5-19-15-12-16(21-7-20-15)23(8-22-12)17-14(26)13(25)11(6-24)27-17/h1-4,7-8,11,13-14,17,24-26H,5-6H2,(H,19,20,21)/t11-,13-,14-,17-/m1/s1. The fraction of sp³-hybridized carbons (Fsp3) is 0.353. The van der Waals surface area contributed by atoms with Crippen LogP contribution in [0.3, 0.4) is 0 Å². The van der Waals surface area contributed by atoms with Gasteiger partial charge in [0.15, 0.2) is 23.2 Å². The van der Waals surface area contributed by atoms with Crippen LogP contribution < -0.4 is 5.32 Å². The van der Waals surface area contributed by atoms with Crippen molar-refractivity contribution in [3.8, 4) is 0 Å². The highest BCUT2D eigenvalue weighted by molar-refractivity contribution is 6.30. The van der Waals surface area contributed by atoms with Crippen molar-refractivity contribution in [1.29, 1.82) is 0 Å². The Hall–Kier alpha value is -2.30. The summed E-state index contributed by atoms with van der Waals surface area (Å²) in [5, 5.41) is 33.3. The number of nitrogens with zero attached hydrogens (tertiary/aromatic N) is 4. The summed E-state index contributed by atoms with van der Waals surface area (Å²) in [5.74, 6) is 0.528. The Kier molecular flexibility index (Phi) is 4.94. The summed E-state index contributed by atoms with van der Waals surface area (Å²) in [6.45, 7) is 0.119. The van der Waals surface area contributed by atoms with Gasteiger partial charge in [0.2, 0.25) is 0 Å². The number of aliphatic hydroxyl groups is 3. The summed E-state index contributed by atoms with van der Waals surface area (Å²) < 4.78 is 7.07. The lowest BCUT2D eigenvalue weighted by molar-refractivity contribution is -0.0511. The fourth-order valence-corrected chi connectivity index (χ4v) is 3.19. The zero-order chi connectivity index (χ0) is 19.0. The molecule has 4 atom stereocenters. The summed E-state index contributed by atoms with van der Waals surface area (Å²) in [4.78, 5) is 12.8. The number of hydrogen-bond acceptors (Lipinski definition) is 8.